The van der Waals surface area contributed by atoms with E-state index >= 15 is 0 Å². The van der Waals surface area contributed by atoms with Crippen molar-refractivity contribution >= 4 is 11.6 Å². The van der Waals surface area contributed by atoms with Crippen LogP contribution >= 0.6 is 11.6 Å². The summed E-state index contributed by atoms with van der Waals surface area (Å²) in [6, 6.07) is 10.2. The molecule has 0 amide bonds. The highest BCUT2D eigenvalue weighted by Gasteiger charge is 2.16. The molecular formula is C16H13ClN2O3. The van der Waals surface area contributed by atoms with Gasteiger partial charge in [0.2, 0.25) is 0 Å². The third-order valence-corrected chi connectivity index (χ3v) is 3.64. The molecule has 0 radical (unpaired) electrons. The van der Waals surface area contributed by atoms with Crippen LogP contribution in [0, 0.1) is 0 Å². The highest BCUT2D eigenvalue weighted by atomic mass is 35.5. The molecule has 1 aromatic heterocycles. The number of rotatable bonds is 3. The number of ether oxygens (including phenoxy) is 1. The molecule has 5 nitrogen and oxygen atoms in total. The highest BCUT2D eigenvalue weighted by molar-refractivity contribution is 6.32. The number of benzene rings is 2. The minimum Gasteiger partial charge on any atom is -0.507 e. The maximum Gasteiger partial charge on any atom is 0.137 e. The number of nitrogens with zero attached hydrogens (tertiary/aromatic N) is 1. The Balaban J connectivity index is 2.15. The van der Waals surface area contributed by atoms with Gasteiger partial charge in [-0.2, -0.15) is 5.10 Å². The molecule has 0 fully saturated rings. The number of H-pyrrole nitrogens is 1. The Morgan fingerprint density at radius 3 is 2.68 bits per heavy atom. The lowest BCUT2D eigenvalue weighted by atomic mass is 10.0. The van der Waals surface area contributed by atoms with E-state index < -0.39 is 0 Å². The van der Waals surface area contributed by atoms with Crippen molar-refractivity contribution in [2.24, 2.45) is 0 Å². The molecule has 0 atom stereocenters. The van der Waals surface area contributed by atoms with Gasteiger partial charge in [0.1, 0.15) is 22.9 Å². The van der Waals surface area contributed by atoms with Crippen LogP contribution in [-0.2, 0) is 0 Å². The van der Waals surface area contributed by atoms with Gasteiger partial charge < -0.3 is 14.9 Å². The molecule has 2 aromatic carbocycles. The van der Waals surface area contributed by atoms with Crippen LogP contribution in [0.5, 0.6) is 17.2 Å². The summed E-state index contributed by atoms with van der Waals surface area (Å²) in [5, 5.41) is 26.7. The zero-order valence-electron chi connectivity index (χ0n) is 11.7. The molecule has 0 saturated carbocycles. The van der Waals surface area contributed by atoms with Gasteiger partial charge in [0.25, 0.3) is 0 Å². The SMILES string of the molecule is COc1cccc(-c2c[nH]nc2-c2cc(Cl)c(O)cc2O)c1. The fourth-order valence-electron chi connectivity index (χ4n) is 2.25. The zero-order chi connectivity index (χ0) is 15.7. The van der Waals surface area contributed by atoms with Crippen LogP contribution in [0.15, 0.2) is 42.6 Å². The van der Waals surface area contributed by atoms with E-state index in [0.29, 0.717) is 11.3 Å². The van der Waals surface area contributed by atoms with Crippen LogP contribution in [0.25, 0.3) is 22.4 Å². The molecule has 0 spiro atoms. The second-order valence-electron chi connectivity index (χ2n) is 4.70. The molecule has 112 valence electrons. The topological polar surface area (TPSA) is 78.4 Å². The van der Waals surface area contributed by atoms with E-state index in [0.717, 1.165) is 16.9 Å². The minimum absolute atomic E-state index is 0.0989. The zero-order valence-corrected chi connectivity index (χ0v) is 12.4. The molecule has 0 aliphatic heterocycles. The van der Waals surface area contributed by atoms with Crippen molar-refractivity contribution in [3.63, 3.8) is 0 Å². The Bertz CT molecular complexity index is 830. The number of aromatic nitrogens is 2. The van der Waals surface area contributed by atoms with Crippen molar-refractivity contribution in [2.45, 2.75) is 0 Å². The largest absolute Gasteiger partial charge is 0.507 e. The average Bonchev–Trinajstić information content (AvgIpc) is 3.00. The molecule has 1 heterocycles. The maximum absolute atomic E-state index is 10.1. The minimum atomic E-state index is -0.179. The Morgan fingerprint density at radius 1 is 1.09 bits per heavy atom. The van der Waals surface area contributed by atoms with Gasteiger partial charge in [0.15, 0.2) is 0 Å². The molecule has 22 heavy (non-hydrogen) atoms. The molecule has 0 unspecified atom stereocenters. The number of aromatic amines is 1. The van der Waals surface area contributed by atoms with Crippen LogP contribution in [-0.4, -0.2) is 27.5 Å². The Morgan fingerprint density at radius 2 is 1.91 bits per heavy atom. The number of hydrogen-bond donors (Lipinski definition) is 3. The van der Waals surface area contributed by atoms with Gasteiger partial charge >= 0.3 is 0 Å². The summed E-state index contributed by atoms with van der Waals surface area (Å²) in [7, 11) is 1.60. The molecule has 0 aliphatic rings. The second-order valence-corrected chi connectivity index (χ2v) is 5.11. The summed E-state index contributed by atoms with van der Waals surface area (Å²) in [6.45, 7) is 0. The molecule has 0 aliphatic carbocycles. The van der Waals surface area contributed by atoms with Crippen LogP contribution in [0.2, 0.25) is 5.02 Å². The number of methoxy groups -OCH3 is 1. The standard InChI is InChI=1S/C16H13ClN2O3/c1-22-10-4-2-3-9(5-10)12-8-18-19-16(12)11-6-13(17)15(21)7-14(11)20/h2-8,20-21H,1H3,(H,18,19). The molecule has 0 bridgehead atoms. The Kier molecular flexibility index (Phi) is 3.65. The number of aromatic hydroxyl groups is 2. The Hall–Kier alpha value is -2.66. The van der Waals surface area contributed by atoms with Gasteiger partial charge in [-0.25, -0.2) is 0 Å². The summed E-state index contributed by atoms with van der Waals surface area (Å²) in [6.07, 6.45) is 1.73. The number of phenolic OH excluding ortho intramolecular Hbond substituents is 2. The lowest BCUT2D eigenvalue weighted by molar-refractivity contribution is 0.415. The predicted octanol–water partition coefficient (Wildman–Crippen LogP) is 3.82. The fraction of sp³-hybridized carbons (Fsp3) is 0.0625. The van der Waals surface area contributed by atoms with E-state index in [1.807, 2.05) is 24.3 Å². The summed E-state index contributed by atoms with van der Waals surface area (Å²) in [5.41, 5.74) is 2.64. The first-order chi connectivity index (χ1) is 10.6. The molecule has 6 heteroatoms. The van der Waals surface area contributed by atoms with Crippen molar-refractivity contribution in [3.05, 3.63) is 47.6 Å². The maximum atomic E-state index is 10.1. The first-order valence-electron chi connectivity index (χ1n) is 6.50. The lowest BCUT2D eigenvalue weighted by Crippen LogP contribution is -1.86. The van der Waals surface area contributed by atoms with Crippen LogP contribution in [0.3, 0.4) is 0 Å². The Labute approximate surface area is 131 Å². The van der Waals surface area contributed by atoms with E-state index in [9.17, 15) is 10.2 Å². The molecule has 3 N–H and O–H groups in total. The van der Waals surface area contributed by atoms with Gasteiger partial charge in [-0.1, -0.05) is 23.7 Å². The molecule has 3 rings (SSSR count). The number of hydrogen-bond acceptors (Lipinski definition) is 4. The third kappa shape index (κ3) is 2.46. The third-order valence-electron chi connectivity index (χ3n) is 3.34. The first-order valence-corrected chi connectivity index (χ1v) is 6.88. The number of nitrogens with one attached hydrogen (secondary N) is 1. The summed E-state index contributed by atoms with van der Waals surface area (Å²) < 4.78 is 5.22. The monoisotopic (exact) mass is 316 g/mol. The molecule has 3 aromatic rings. The highest BCUT2D eigenvalue weighted by Crippen LogP contribution is 2.40. The summed E-state index contributed by atoms with van der Waals surface area (Å²) >= 11 is 5.93. The van der Waals surface area contributed by atoms with Crippen molar-refractivity contribution in [1.29, 1.82) is 0 Å². The van der Waals surface area contributed by atoms with Crippen LogP contribution < -0.4 is 4.74 Å². The van der Waals surface area contributed by atoms with E-state index in [1.165, 1.54) is 12.1 Å². The van der Waals surface area contributed by atoms with Crippen molar-refractivity contribution in [2.75, 3.05) is 7.11 Å². The molecular weight excluding hydrogens is 304 g/mol. The van der Waals surface area contributed by atoms with Gasteiger partial charge in [-0.05, 0) is 23.8 Å². The van der Waals surface area contributed by atoms with Gasteiger partial charge in [0.05, 0.1) is 12.1 Å². The smallest absolute Gasteiger partial charge is 0.137 e. The van der Waals surface area contributed by atoms with E-state index in [4.69, 9.17) is 16.3 Å². The van der Waals surface area contributed by atoms with Crippen LogP contribution in [0.1, 0.15) is 0 Å². The molecule has 0 saturated heterocycles. The van der Waals surface area contributed by atoms with E-state index in [-0.39, 0.29) is 16.5 Å². The van der Waals surface area contributed by atoms with Gasteiger partial charge in [0, 0.05) is 23.4 Å². The van der Waals surface area contributed by atoms with E-state index in [1.54, 1.807) is 13.3 Å². The second kappa shape index (κ2) is 5.61. The quantitative estimate of drug-likeness (QED) is 0.686. The fourth-order valence-corrected chi connectivity index (χ4v) is 2.41. The predicted molar refractivity (Wildman–Crippen MR) is 84.4 cm³/mol. The van der Waals surface area contributed by atoms with Gasteiger partial charge in [-0.3, -0.25) is 5.10 Å². The number of phenols is 2. The van der Waals surface area contributed by atoms with Crippen LogP contribution in [0.4, 0.5) is 0 Å². The van der Waals surface area contributed by atoms with E-state index in [2.05, 4.69) is 10.2 Å². The summed E-state index contributed by atoms with van der Waals surface area (Å²) in [5.74, 6) is 0.442. The normalized spacial score (nSPS) is 10.6. The summed E-state index contributed by atoms with van der Waals surface area (Å²) in [4.78, 5) is 0. The van der Waals surface area contributed by atoms with Crippen molar-refractivity contribution < 1.29 is 14.9 Å². The van der Waals surface area contributed by atoms with Gasteiger partial charge in [-0.15, -0.1) is 0 Å². The number of halogens is 1. The lowest BCUT2D eigenvalue weighted by Gasteiger charge is -2.08. The first kappa shape index (κ1) is 14.3. The van der Waals surface area contributed by atoms with Crippen molar-refractivity contribution in [1.82, 2.24) is 10.2 Å². The van der Waals surface area contributed by atoms with Crippen molar-refractivity contribution in [3.8, 4) is 39.6 Å². The average molecular weight is 317 g/mol.